The van der Waals surface area contributed by atoms with Crippen molar-refractivity contribution in [2.45, 2.75) is 39.8 Å². The van der Waals surface area contributed by atoms with Crippen LogP contribution in [0, 0.1) is 25.6 Å². The minimum atomic E-state index is -1.21. The third kappa shape index (κ3) is 6.40. The number of rotatable bonds is 9. The van der Waals surface area contributed by atoms with Gasteiger partial charge in [-0.2, -0.15) is 0 Å². The molecule has 4 amide bonds. The zero-order valence-corrected chi connectivity index (χ0v) is 24.5. The number of hydrogen-bond acceptors (Lipinski definition) is 6. The average Bonchev–Trinajstić information content (AvgIpc) is 2.93. The SMILES string of the molecule is COc1cc(-c2cccc(-c3cccc(NC(=O)C4C=NC(=O)N(C)C4=O)c3C)c2C)cc(F)c1CNCC(C)(C)O. The number of imide groups is 1. The molecule has 0 saturated carbocycles. The van der Waals surface area contributed by atoms with E-state index in [-0.39, 0.29) is 6.54 Å². The quantitative estimate of drug-likeness (QED) is 0.314. The maximum atomic E-state index is 15.3. The molecule has 10 heteroatoms. The number of methoxy groups -OCH3 is 1. The van der Waals surface area contributed by atoms with Crippen molar-refractivity contribution in [3.05, 3.63) is 71.0 Å². The lowest BCUT2D eigenvalue weighted by Crippen LogP contribution is -2.45. The highest BCUT2D eigenvalue weighted by Gasteiger charge is 2.34. The molecule has 42 heavy (non-hydrogen) atoms. The van der Waals surface area contributed by atoms with Crippen LogP contribution in [0.2, 0.25) is 0 Å². The molecule has 0 bridgehead atoms. The summed E-state index contributed by atoms with van der Waals surface area (Å²) in [6, 6.07) is 13.8. The monoisotopic (exact) mass is 574 g/mol. The van der Waals surface area contributed by atoms with E-state index >= 15 is 4.39 Å². The number of urea groups is 1. The van der Waals surface area contributed by atoms with E-state index in [9.17, 15) is 19.5 Å². The van der Waals surface area contributed by atoms with Gasteiger partial charge in [-0.25, -0.2) is 14.2 Å². The molecule has 0 fully saturated rings. The summed E-state index contributed by atoms with van der Waals surface area (Å²) >= 11 is 0. The second kappa shape index (κ2) is 12.2. The van der Waals surface area contributed by atoms with Crippen LogP contribution in [0.25, 0.3) is 22.3 Å². The summed E-state index contributed by atoms with van der Waals surface area (Å²) < 4.78 is 20.9. The lowest BCUT2D eigenvalue weighted by Gasteiger charge is -2.22. The van der Waals surface area contributed by atoms with Crippen LogP contribution in [0.1, 0.15) is 30.5 Å². The van der Waals surface area contributed by atoms with Crippen LogP contribution >= 0.6 is 0 Å². The molecule has 220 valence electrons. The first-order valence-electron chi connectivity index (χ1n) is 13.5. The number of amides is 4. The lowest BCUT2D eigenvalue weighted by molar-refractivity contribution is -0.134. The number of nitrogens with one attached hydrogen (secondary N) is 2. The van der Waals surface area contributed by atoms with Gasteiger partial charge in [-0.1, -0.05) is 30.3 Å². The second-order valence-corrected chi connectivity index (χ2v) is 10.9. The largest absolute Gasteiger partial charge is 0.496 e. The highest BCUT2D eigenvalue weighted by molar-refractivity contribution is 6.23. The first-order chi connectivity index (χ1) is 19.8. The van der Waals surface area contributed by atoms with Crippen molar-refractivity contribution in [1.82, 2.24) is 10.2 Å². The number of nitrogens with zero attached hydrogens (tertiary/aromatic N) is 2. The predicted octanol–water partition coefficient (Wildman–Crippen LogP) is 4.86. The number of anilines is 1. The fourth-order valence-electron chi connectivity index (χ4n) is 4.90. The predicted molar refractivity (Wildman–Crippen MR) is 160 cm³/mol. The van der Waals surface area contributed by atoms with Crippen LogP contribution in [-0.2, 0) is 16.1 Å². The van der Waals surface area contributed by atoms with Gasteiger partial charge in [0.15, 0.2) is 5.92 Å². The standard InChI is InChI=1S/C32H35FN4O5/c1-18-21(20-13-26(33)24(28(14-20)42-6)15-34-17-32(3,4)41)9-7-10-22(18)23-11-8-12-27(19(23)2)36-29(38)25-16-35-31(40)37(5)30(25)39/h7-14,16,25,34,41H,15,17H2,1-6H3,(H,36,38). The van der Waals surface area contributed by atoms with Crippen LogP contribution in [0.5, 0.6) is 5.75 Å². The van der Waals surface area contributed by atoms with Gasteiger partial charge in [-0.05, 0) is 79.3 Å². The number of benzene rings is 3. The molecule has 9 nitrogen and oxygen atoms in total. The Bertz CT molecular complexity index is 1580. The molecule has 1 aliphatic rings. The van der Waals surface area contributed by atoms with Gasteiger partial charge < -0.3 is 20.5 Å². The molecule has 0 spiro atoms. The number of aliphatic imine (C=N–C) groups is 1. The third-order valence-electron chi connectivity index (χ3n) is 7.26. The van der Waals surface area contributed by atoms with Crippen molar-refractivity contribution in [1.29, 1.82) is 0 Å². The molecule has 3 aromatic rings. The Balaban J connectivity index is 1.65. The smallest absolute Gasteiger partial charge is 0.349 e. The Morgan fingerprint density at radius 3 is 2.38 bits per heavy atom. The van der Waals surface area contributed by atoms with Gasteiger partial charge in [0, 0.05) is 37.6 Å². The van der Waals surface area contributed by atoms with E-state index in [1.807, 2.05) is 38.1 Å². The number of halogens is 1. The van der Waals surface area contributed by atoms with E-state index in [0.717, 1.165) is 38.9 Å². The Morgan fingerprint density at radius 1 is 1.07 bits per heavy atom. The van der Waals surface area contributed by atoms with Crippen LogP contribution in [-0.4, -0.2) is 60.4 Å². The van der Waals surface area contributed by atoms with Crippen LogP contribution in [0.3, 0.4) is 0 Å². The molecule has 1 heterocycles. The molecule has 1 aliphatic heterocycles. The molecule has 0 radical (unpaired) electrons. The number of carbonyl (C=O) groups excluding carboxylic acids is 3. The Morgan fingerprint density at radius 2 is 1.71 bits per heavy atom. The average molecular weight is 575 g/mol. The molecule has 1 unspecified atom stereocenters. The highest BCUT2D eigenvalue weighted by Crippen LogP contribution is 2.37. The summed E-state index contributed by atoms with van der Waals surface area (Å²) in [5, 5.41) is 15.8. The molecule has 1 atom stereocenters. The zero-order chi connectivity index (χ0) is 30.8. The fourth-order valence-corrected chi connectivity index (χ4v) is 4.90. The van der Waals surface area contributed by atoms with Crippen LogP contribution in [0.4, 0.5) is 14.9 Å². The van der Waals surface area contributed by atoms with Gasteiger partial charge in [0.25, 0.3) is 0 Å². The van der Waals surface area contributed by atoms with E-state index in [2.05, 4.69) is 15.6 Å². The molecule has 3 aromatic carbocycles. The normalized spacial score (nSPS) is 15.2. The molecule has 0 aromatic heterocycles. The third-order valence-corrected chi connectivity index (χ3v) is 7.26. The number of hydrogen-bond donors (Lipinski definition) is 3. The van der Waals surface area contributed by atoms with Crippen LogP contribution < -0.4 is 15.4 Å². The highest BCUT2D eigenvalue weighted by atomic mass is 19.1. The van der Waals surface area contributed by atoms with Crippen molar-refractivity contribution < 1.29 is 28.6 Å². The Kier molecular flexibility index (Phi) is 8.89. The molecule has 0 aliphatic carbocycles. The van der Waals surface area contributed by atoms with Crippen molar-refractivity contribution in [2.24, 2.45) is 10.9 Å². The number of aliphatic hydroxyl groups is 1. The lowest BCUT2D eigenvalue weighted by atomic mass is 9.90. The summed E-state index contributed by atoms with van der Waals surface area (Å²) in [7, 11) is 2.78. The van der Waals surface area contributed by atoms with E-state index in [1.165, 1.54) is 20.2 Å². The zero-order valence-electron chi connectivity index (χ0n) is 24.5. The summed E-state index contributed by atoms with van der Waals surface area (Å²) in [5.74, 6) is -2.47. The Labute approximate surface area is 244 Å². The molecule has 3 N–H and O–H groups in total. The van der Waals surface area contributed by atoms with Gasteiger partial charge in [-0.3, -0.25) is 14.5 Å². The van der Waals surface area contributed by atoms with Gasteiger partial charge in [0.1, 0.15) is 11.6 Å². The number of ether oxygens (including phenoxy) is 1. The molecule has 0 saturated heterocycles. The molecular weight excluding hydrogens is 539 g/mol. The maximum Gasteiger partial charge on any atom is 0.349 e. The van der Waals surface area contributed by atoms with Gasteiger partial charge in [-0.15, -0.1) is 0 Å². The first-order valence-corrected chi connectivity index (χ1v) is 13.5. The summed E-state index contributed by atoms with van der Waals surface area (Å²) in [6.07, 6.45) is 1.06. The maximum absolute atomic E-state index is 15.3. The summed E-state index contributed by atoms with van der Waals surface area (Å²) in [6.45, 7) is 7.64. The summed E-state index contributed by atoms with van der Waals surface area (Å²) in [5.41, 5.74) is 4.81. The van der Waals surface area contributed by atoms with E-state index in [0.29, 0.717) is 29.1 Å². The van der Waals surface area contributed by atoms with Gasteiger partial charge >= 0.3 is 6.03 Å². The fraction of sp³-hybridized carbons (Fsp3) is 0.312. The van der Waals surface area contributed by atoms with Gasteiger partial charge in [0.05, 0.1) is 12.7 Å². The van der Waals surface area contributed by atoms with Crippen molar-refractivity contribution in [2.75, 3.05) is 26.0 Å². The molecule has 4 rings (SSSR count). The Hall–Kier alpha value is -4.41. The van der Waals surface area contributed by atoms with Gasteiger partial charge in [0.2, 0.25) is 11.8 Å². The van der Waals surface area contributed by atoms with E-state index < -0.39 is 35.2 Å². The van der Waals surface area contributed by atoms with Crippen molar-refractivity contribution >= 4 is 29.7 Å². The van der Waals surface area contributed by atoms with Crippen molar-refractivity contribution in [3.8, 4) is 28.0 Å². The minimum Gasteiger partial charge on any atom is -0.496 e. The summed E-state index contributed by atoms with van der Waals surface area (Å²) in [4.78, 5) is 41.5. The minimum absolute atomic E-state index is 0.195. The van der Waals surface area contributed by atoms with E-state index in [1.54, 1.807) is 32.0 Å². The van der Waals surface area contributed by atoms with Crippen molar-refractivity contribution in [3.63, 3.8) is 0 Å². The van der Waals surface area contributed by atoms with Crippen LogP contribution in [0.15, 0.2) is 53.5 Å². The number of carbonyl (C=O) groups is 3. The topological polar surface area (TPSA) is 120 Å². The van der Waals surface area contributed by atoms with E-state index in [4.69, 9.17) is 4.74 Å². The molecular formula is C32H35FN4O5. The second-order valence-electron chi connectivity index (χ2n) is 10.9. The first kappa shape index (κ1) is 30.5.